The van der Waals surface area contributed by atoms with Crippen LogP contribution < -0.4 is 10.1 Å². The third-order valence-electron chi connectivity index (χ3n) is 4.22. The van der Waals surface area contributed by atoms with Crippen molar-refractivity contribution in [3.05, 3.63) is 79.2 Å². The van der Waals surface area contributed by atoms with Crippen molar-refractivity contribution < 1.29 is 14.3 Å². The van der Waals surface area contributed by atoms with Gasteiger partial charge < -0.3 is 4.74 Å². The van der Waals surface area contributed by atoms with Crippen molar-refractivity contribution in [2.75, 3.05) is 6.54 Å². The molecule has 1 N–H and O–H groups in total. The lowest BCUT2D eigenvalue weighted by atomic mass is 10.1. The summed E-state index contributed by atoms with van der Waals surface area (Å²) in [5.41, 5.74) is 1.20. The highest BCUT2D eigenvalue weighted by Gasteiger charge is 2.32. The molecule has 1 aliphatic heterocycles. The molecule has 1 saturated heterocycles. The minimum Gasteiger partial charge on any atom is -0.486 e. The van der Waals surface area contributed by atoms with Crippen LogP contribution in [0, 0.1) is 0 Å². The largest absolute Gasteiger partial charge is 0.486 e. The number of halogens is 4. The van der Waals surface area contributed by atoms with Crippen LogP contribution in [-0.2, 0) is 16.2 Å². The summed E-state index contributed by atoms with van der Waals surface area (Å²) in [4.78, 5) is 26.2. The Morgan fingerprint density at radius 1 is 1.16 bits per heavy atom. The highest BCUT2D eigenvalue weighted by molar-refractivity contribution is 9.10. The first kappa shape index (κ1) is 23.8. The van der Waals surface area contributed by atoms with Gasteiger partial charge in [0.25, 0.3) is 11.8 Å². The number of amides is 2. The molecule has 10 heteroatoms. The Balaban J connectivity index is 1.85. The molecule has 5 nitrogen and oxygen atoms in total. The molecule has 0 radical (unpaired) electrons. The van der Waals surface area contributed by atoms with Gasteiger partial charge in [-0.2, -0.15) is 0 Å². The Morgan fingerprint density at radius 2 is 1.90 bits per heavy atom. The van der Waals surface area contributed by atoms with Gasteiger partial charge in [0.2, 0.25) is 0 Å². The van der Waals surface area contributed by atoms with E-state index in [1.165, 1.54) is 17.1 Å². The molecular weight excluding hydrogens is 547 g/mol. The molecule has 0 spiro atoms. The maximum absolute atomic E-state index is 12.7. The van der Waals surface area contributed by atoms with Crippen LogP contribution in [0.25, 0.3) is 6.08 Å². The van der Waals surface area contributed by atoms with Crippen LogP contribution in [0.1, 0.15) is 11.1 Å². The van der Waals surface area contributed by atoms with Crippen molar-refractivity contribution >= 4 is 86.0 Å². The first-order chi connectivity index (χ1) is 14.7. The second kappa shape index (κ2) is 10.1. The van der Waals surface area contributed by atoms with E-state index in [1.807, 2.05) is 0 Å². The molecule has 1 aliphatic rings. The molecule has 0 aliphatic carbocycles. The molecule has 3 rings (SSSR count). The van der Waals surface area contributed by atoms with E-state index < -0.39 is 11.8 Å². The summed E-state index contributed by atoms with van der Waals surface area (Å²) >= 11 is 26.9. The highest BCUT2D eigenvalue weighted by Crippen LogP contribution is 2.36. The SMILES string of the molecule is C=CCN1C(=O)/C(=C/c2cc(Cl)c(OCc3ccc(Cl)cc3Cl)c(Br)c2)C(=O)NC1=S. The number of carbonyl (C=O) groups excluding carboxylic acids is 2. The lowest BCUT2D eigenvalue weighted by Crippen LogP contribution is -2.53. The average Bonchev–Trinajstić information content (AvgIpc) is 2.69. The first-order valence-corrected chi connectivity index (χ1v) is 11.1. The molecule has 0 atom stereocenters. The summed E-state index contributed by atoms with van der Waals surface area (Å²) in [6, 6.07) is 8.37. The molecule has 0 aromatic heterocycles. The van der Waals surface area contributed by atoms with Crippen LogP contribution in [0.5, 0.6) is 5.75 Å². The van der Waals surface area contributed by atoms with Crippen molar-refractivity contribution in [2.45, 2.75) is 6.61 Å². The van der Waals surface area contributed by atoms with Gasteiger partial charge in [-0.15, -0.1) is 6.58 Å². The van der Waals surface area contributed by atoms with E-state index in [2.05, 4.69) is 27.8 Å². The molecule has 1 fully saturated rings. The zero-order chi connectivity index (χ0) is 22.7. The van der Waals surface area contributed by atoms with Crippen molar-refractivity contribution in [1.29, 1.82) is 0 Å². The zero-order valence-electron chi connectivity index (χ0n) is 15.8. The Labute approximate surface area is 207 Å². The summed E-state index contributed by atoms with van der Waals surface area (Å²) in [5.74, 6) is -0.706. The minimum atomic E-state index is -0.583. The molecule has 0 saturated carbocycles. The van der Waals surface area contributed by atoms with E-state index >= 15 is 0 Å². The van der Waals surface area contributed by atoms with Gasteiger partial charge in [-0.25, -0.2) is 0 Å². The van der Waals surface area contributed by atoms with Crippen LogP contribution in [0.4, 0.5) is 0 Å². The van der Waals surface area contributed by atoms with Gasteiger partial charge in [0.1, 0.15) is 12.2 Å². The Kier molecular flexibility index (Phi) is 7.78. The predicted octanol–water partition coefficient (Wildman–Crippen LogP) is 5.80. The third kappa shape index (κ3) is 5.48. The van der Waals surface area contributed by atoms with E-state index in [0.717, 1.165) is 5.56 Å². The fraction of sp³-hybridized carbons (Fsp3) is 0.0952. The lowest BCUT2D eigenvalue weighted by molar-refractivity contribution is -0.128. The number of hydrogen-bond acceptors (Lipinski definition) is 4. The van der Waals surface area contributed by atoms with Gasteiger partial charge in [0.15, 0.2) is 10.9 Å². The van der Waals surface area contributed by atoms with Crippen LogP contribution >= 0.6 is 63.0 Å². The number of benzene rings is 2. The summed E-state index contributed by atoms with van der Waals surface area (Å²) in [7, 11) is 0. The van der Waals surface area contributed by atoms with Gasteiger partial charge >= 0.3 is 0 Å². The van der Waals surface area contributed by atoms with E-state index in [4.69, 9.17) is 51.8 Å². The molecule has 160 valence electrons. The molecular formula is C21H14BrCl3N2O3S. The molecule has 2 aromatic rings. The predicted molar refractivity (Wildman–Crippen MR) is 131 cm³/mol. The maximum atomic E-state index is 12.7. The van der Waals surface area contributed by atoms with Crippen molar-refractivity contribution in [2.24, 2.45) is 0 Å². The third-order valence-corrected chi connectivity index (χ3v) is 6.00. The summed E-state index contributed by atoms with van der Waals surface area (Å²) < 4.78 is 6.36. The summed E-state index contributed by atoms with van der Waals surface area (Å²) in [6.45, 7) is 3.95. The van der Waals surface area contributed by atoms with E-state index in [-0.39, 0.29) is 28.9 Å². The number of thiocarbonyl (C=S) groups is 1. The molecule has 31 heavy (non-hydrogen) atoms. The molecule has 1 heterocycles. The lowest BCUT2D eigenvalue weighted by Gasteiger charge is -2.27. The molecule has 2 aromatic carbocycles. The standard InChI is InChI=1S/C21H14BrCl3N2O3S/c1-2-5-27-20(29)14(19(28)26-21(27)31)6-11-7-15(22)18(17(25)8-11)30-10-12-3-4-13(23)9-16(12)24/h2-4,6-9H,1,5,10H2,(H,26,28,31)/b14-6+. The number of nitrogens with one attached hydrogen (secondary N) is 1. The Hall–Kier alpha value is -1.90. The highest BCUT2D eigenvalue weighted by atomic mass is 79.9. The average molecular weight is 561 g/mol. The second-order valence-electron chi connectivity index (χ2n) is 6.36. The van der Waals surface area contributed by atoms with Crippen LogP contribution in [0.3, 0.4) is 0 Å². The number of carbonyl (C=O) groups is 2. The van der Waals surface area contributed by atoms with Gasteiger partial charge in [0, 0.05) is 22.2 Å². The summed E-state index contributed by atoms with van der Waals surface area (Å²) in [5, 5.41) is 3.82. The van der Waals surface area contributed by atoms with Crippen LogP contribution in [-0.4, -0.2) is 28.4 Å². The Bertz CT molecular complexity index is 1110. The Morgan fingerprint density at radius 3 is 2.55 bits per heavy atom. The maximum Gasteiger partial charge on any atom is 0.265 e. The fourth-order valence-electron chi connectivity index (χ4n) is 2.74. The van der Waals surface area contributed by atoms with Crippen molar-refractivity contribution in [1.82, 2.24) is 10.2 Å². The number of ether oxygens (including phenoxy) is 1. The van der Waals surface area contributed by atoms with Gasteiger partial charge in [0.05, 0.1) is 9.50 Å². The van der Waals surface area contributed by atoms with Gasteiger partial charge in [-0.1, -0.05) is 46.9 Å². The van der Waals surface area contributed by atoms with Crippen LogP contribution in [0.2, 0.25) is 15.1 Å². The van der Waals surface area contributed by atoms with Crippen molar-refractivity contribution in [3.63, 3.8) is 0 Å². The van der Waals surface area contributed by atoms with E-state index in [9.17, 15) is 9.59 Å². The molecule has 2 amide bonds. The van der Waals surface area contributed by atoms with Crippen LogP contribution in [0.15, 0.2) is 53.0 Å². The normalized spacial score (nSPS) is 15.3. The van der Waals surface area contributed by atoms with Crippen molar-refractivity contribution in [3.8, 4) is 5.75 Å². The first-order valence-electron chi connectivity index (χ1n) is 8.76. The number of nitrogens with zero attached hydrogens (tertiary/aromatic N) is 1. The summed E-state index contributed by atoms with van der Waals surface area (Å²) in [6.07, 6.45) is 2.96. The van der Waals surface area contributed by atoms with E-state index in [1.54, 1.807) is 30.3 Å². The second-order valence-corrected chi connectivity index (χ2v) is 8.85. The van der Waals surface area contributed by atoms with Gasteiger partial charge in [-0.05, 0) is 64.1 Å². The number of hydrogen-bond donors (Lipinski definition) is 1. The fourth-order valence-corrected chi connectivity index (χ4v) is 4.45. The monoisotopic (exact) mass is 558 g/mol. The van der Waals surface area contributed by atoms with Gasteiger partial charge in [-0.3, -0.25) is 19.8 Å². The number of rotatable bonds is 6. The molecule has 0 bridgehead atoms. The topological polar surface area (TPSA) is 58.6 Å². The molecule has 0 unspecified atom stereocenters. The smallest absolute Gasteiger partial charge is 0.265 e. The quantitative estimate of drug-likeness (QED) is 0.210. The zero-order valence-corrected chi connectivity index (χ0v) is 20.4. The minimum absolute atomic E-state index is 0.0378. The van der Waals surface area contributed by atoms with E-state index in [0.29, 0.717) is 25.8 Å².